The zero-order chi connectivity index (χ0) is 22.0. The monoisotopic (exact) mass is 502 g/mol. The lowest BCUT2D eigenvalue weighted by atomic mass is 9.99. The Bertz CT molecular complexity index is 1480. The number of hydrogen-bond donors (Lipinski definition) is 1. The van der Waals surface area contributed by atoms with Crippen molar-refractivity contribution in [2.45, 2.75) is 0 Å². The van der Waals surface area contributed by atoms with Gasteiger partial charge < -0.3 is 4.98 Å². The van der Waals surface area contributed by atoms with Crippen molar-refractivity contribution in [3.63, 3.8) is 0 Å². The summed E-state index contributed by atoms with van der Waals surface area (Å²) in [6, 6.07) is 42.1. The van der Waals surface area contributed by atoms with Crippen LogP contribution in [0.1, 0.15) is 22.4 Å². The molecule has 1 N–H and O–H groups in total. The molecule has 0 unspecified atom stereocenters. The predicted molar refractivity (Wildman–Crippen MR) is 148 cm³/mol. The van der Waals surface area contributed by atoms with Crippen molar-refractivity contribution in [2.75, 3.05) is 0 Å². The summed E-state index contributed by atoms with van der Waals surface area (Å²) in [7, 11) is 0. The zero-order valence-electron chi connectivity index (χ0n) is 18.5. The average molecular weight is 503 g/mol. The van der Waals surface area contributed by atoms with Gasteiger partial charge >= 0.3 is 0 Å². The van der Waals surface area contributed by atoms with E-state index in [2.05, 4.69) is 120 Å². The van der Waals surface area contributed by atoms with E-state index in [-0.39, 0.29) is 17.0 Å². The molecule has 2 heterocycles. The van der Waals surface area contributed by atoms with Gasteiger partial charge in [-0.1, -0.05) is 115 Å². The molecule has 0 fully saturated rings. The van der Waals surface area contributed by atoms with Gasteiger partial charge in [-0.25, -0.2) is 4.99 Å². The highest BCUT2D eigenvalue weighted by molar-refractivity contribution is 8.93. The van der Waals surface area contributed by atoms with E-state index in [0.29, 0.717) is 0 Å². The molecule has 0 atom stereocenters. The quantitative estimate of drug-likeness (QED) is 0.256. The molecule has 3 heteroatoms. The first-order valence-corrected chi connectivity index (χ1v) is 11.2. The normalized spacial score (nSPS) is 13.3. The van der Waals surface area contributed by atoms with E-state index in [1.165, 1.54) is 22.3 Å². The minimum Gasteiger partial charge on any atom is -0.354 e. The third kappa shape index (κ3) is 4.07. The van der Waals surface area contributed by atoms with Crippen molar-refractivity contribution >= 4 is 34.5 Å². The number of aliphatic imine (C=N–C) groups is 1. The van der Waals surface area contributed by atoms with Gasteiger partial charge in [0.1, 0.15) is 0 Å². The summed E-state index contributed by atoms with van der Waals surface area (Å²) in [6.45, 7) is 0. The molecule has 0 aliphatic carbocycles. The summed E-state index contributed by atoms with van der Waals surface area (Å²) < 4.78 is 0. The fourth-order valence-electron chi connectivity index (χ4n) is 4.43. The van der Waals surface area contributed by atoms with E-state index in [1.54, 1.807) is 0 Å². The molecule has 0 saturated heterocycles. The van der Waals surface area contributed by atoms with E-state index in [4.69, 9.17) is 4.99 Å². The topological polar surface area (TPSA) is 28.1 Å². The van der Waals surface area contributed by atoms with Gasteiger partial charge in [0.25, 0.3) is 0 Å². The molecule has 0 saturated carbocycles. The maximum Gasteiger partial charge on any atom is 0.0788 e. The first-order chi connectivity index (χ1) is 16.4. The molecule has 1 aliphatic heterocycles. The number of benzene rings is 4. The maximum atomic E-state index is 5.10. The van der Waals surface area contributed by atoms with Gasteiger partial charge in [0.2, 0.25) is 0 Å². The first kappa shape index (κ1) is 21.9. The SMILES string of the molecule is Br.C(=C1/N=C(c2ccccc2)c2ccccc21)/c1[nH]c(-c2ccccc2)cc1-c1ccccc1. The number of nitrogens with zero attached hydrogens (tertiary/aromatic N) is 1. The lowest BCUT2D eigenvalue weighted by Crippen LogP contribution is -1.99. The number of hydrogen-bond acceptors (Lipinski definition) is 1. The molecule has 164 valence electrons. The van der Waals surface area contributed by atoms with Gasteiger partial charge in [-0.2, -0.15) is 0 Å². The molecule has 1 aliphatic rings. The van der Waals surface area contributed by atoms with Crippen molar-refractivity contribution in [3.05, 3.63) is 144 Å². The third-order valence-corrected chi connectivity index (χ3v) is 6.04. The molecule has 2 nitrogen and oxygen atoms in total. The van der Waals surface area contributed by atoms with Gasteiger partial charge in [0.15, 0.2) is 0 Å². The Kier molecular flexibility index (Phi) is 6.11. The van der Waals surface area contributed by atoms with Crippen molar-refractivity contribution in [3.8, 4) is 22.4 Å². The zero-order valence-corrected chi connectivity index (χ0v) is 20.2. The minimum absolute atomic E-state index is 0. The number of fused-ring (bicyclic) bond motifs is 1. The van der Waals surface area contributed by atoms with E-state index >= 15 is 0 Å². The Hall–Kier alpha value is -3.95. The van der Waals surface area contributed by atoms with Crippen molar-refractivity contribution < 1.29 is 0 Å². The van der Waals surface area contributed by atoms with Crippen LogP contribution in [0.5, 0.6) is 0 Å². The van der Waals surface area contributed by atoms with Crippen LogP contribution in [0, 0.1) is 0 Å². The highest BCUT2D eigenvalue weighted by Gasteiger charge is 2.22. The van der Waals surface area contributed by atoms with Crippen LogP contribution >= 0.6 is 17.0 Å². The predicted octanol–water partition coefficient (Wildman–Crippen LogP) is 8.28. The fraction of sp³-hybridized carbons (Fsp3) is 0. The maximum absolute atomic E-state index is 5.10. The van der Waals surface area contributed by atoms with E-state index in [0.717, 1.165) is 33.9 Å². The molecule has 1 aromatic heterocycles. The number of H-pyrrole nitrogens is 1. The molecule has 6 rings (SSSR count). The van der Waals surface area contributed by atoms with Crippen LogP contribution in [-0.4, -0.2) is 10.7 Å². The van der Waals surface area contributed by atoms with Crippen LogP contribution in [0.2, 0.25) is 0 Å². The van der Waals surface area contributed by atoms with Gasteiger partial charge in [-0.15, -0.1) is 17.0 Å². The molecule has 34 heavy (non-hydrogen) atoms. The van der Waals surface area contributed by atoms with Gasteiger partial charge in [-0.3, -0.25) is 0 Å². The lowest BCUT2D eigenvalue weighted by Gasteiger charge is -2.03. The number of aromatic amines is 1. The molecule has 0 amide bonds. The van der Waals surface area contributed by atoms with Crippen LogP contribution in [0.15, 0.2) is 126 Å². The molecule has 4 aromatic carbocycles. The number of rotatable bonds is 4. The molecule has 5 aromatic rings. The summed E-state index contributed by atoms with van der Waals surface area (Å²) in [5, 5.41) is 0. The largest absolute Gasteiger partial charge is 0.354 e. The Morgan fingerprint density at radius 1 is 0.529 bits per heavy atom. The van der Waals surface area contributed by atoms with Crippen molar-refractivity contribution in [2.24, 2.45) is 4.99 Å². The fourth-order valence-corrected chi connectivity index (χ4v) is 4.43. The Balaban J connectivity index is 0.00000241. The highest BCUT2D eigenvalue weighted by Crippen LogP contribution is 2.36. The Labute approximate surface area is 210 Å². The minimum atomic E-state index is 0. The number of nitrogens with one attached hydrogen (secondary N) is 1. The standard InChI is InChI=1S/C31H22N2.BrH/c1-4-12-22(13-5-1)27-20-28(23-14-6-2-7-15-23)32-30(27)21-29-25-18-10-11-19-26(25)31(33-29)24-16-8-3-9-17-24;/h1-21,32H;1H/b29-21-;. The first-order valence-electron chi connectivity index (χ1n) is 11.2. The average Bonchev–Trinajstić information content (AvgIpc) is 3.48. The lowest BCUT2D eigenvalue weighted by molar-refractivity contribution is 1.36. The van der Waals surface area contributed by atoms with Crippen molar-refractivity contribution in [1.29, 1.82) is 0 Å². The van der Waals surface area contributed by atoms with E-state index in [9.17, 15) is 0 Å². The summed E-state index contributed by atoms with van der Waals surface area (Å²) in [4.78, 5) is 8.76. The summed E-state index contributed by atoms with van der Waals surface area (Å²) in [5.74, 6) is 0. The second-order valence-electron chi connectivity index (χ2n) is 8.14. The Morgan fingerprint density at radius 3 is 1.71 bits per heavy atom. The summed E-state index contributed by atoms with van der Waals surface area (Å²) >= 11 is 0. The van der Waals surface area contributed by atoms with Gasteiger partial charge in [0, 0.05) is 33.6 Å². The van der Waals surface area contributed by atoms with Crippen LogP contribution in [0.4, 0.5) is 0 Å². The molecule has 0 radical (unpaired) electrons. The van der Waals surface area contributed by atoms with Crippen LogP contribution in [0.3, 0.4) is 0 Å². The van der Waals surface area contributed by atoms with Gasteiger partial charge in [-0.05, 0) is 23.3 Å². The molecule has 0 bridgehead atoms. The highest BCUT2D eigenvalue weighted by atomic mass is 79.9. The summed E-state index contributed by atoms with van der Waals surface area (Å²) in [6.07, 6.45) is 2.18. The molecular weight excluding hydrogens is 480 g/mol. The number of halogens is 1. The second kappa shape index (κ2) is 9.50. The van der Waals surface area contributed by atoms with Crippen molar-refractivity contribution in [1.82, 2.24) is 4.98 Å². The molecule has 0 spiro atoms. The Morgan fingerprint density at radius 2 is 1.06 bits per heavy atom. The van der Waals surface area contributed by atoms with Crippen LogP contribution in [0.25, 0.3) is 34.2 Å². The van der Waals surface area contributed by atoms with E-state index < -0.39 is 0 Å². The van der Waals surface area contributed by atoms with Crippen LogP contribution < -0.4 is 0 Å². The van der Waals surface area contributed by atoms with Crippen LogP contribution in [-0.2, 0) is 0 Å². The van der Waals surface area contributed by atoms with Gasteiger partial charge in [0.05, 0.1) is 11.4 Å². The smallest absolute Gasteiger partial charge is 0.0788 e. The summed E-state index contributed by atoms with van der Waals surface area (Å²) in [5.41, 5.74) is 11.1. The number of aromatic nitrogens is 1. The second-order valence-corrected chi connectivity index (χ2v) is 8.14. The third-order valence-electron chi connectivity index (χ3n) is 6.04. The van der Waals surface area contributed by atoms with E-state index in [1.807, 2.05) is 12.1 Å². The molecular formula is C31H23BrN2.